The first-order valence-corrected chi connectivity index (χ1v) is 10.9. The van der Waals surface area contributed by atoms with E-state index in [1.807, 2.05) is 0 Å². The number of aliphatic carboxylic acids is 1. The van der Waals surface area contributed by atoms with Crippen LogP contribution in [0.1, 0.15) is 19.3 Å². The van der Waals surface area contributed by atoms with Gasteiger partial charge in [0.15, 0.2) is 0 Å². The molecule has 0 unspecified atom stereocenters. The molecule has 0 aromatic rings. The van der Waals surface area contributed by atoms with E-state index in [0.29, 0.717) is 72.7 Å². The Labute approximate surface area is 198 Å². The third kappa shape index (κ3) is 23.0. The maximum absolute atomic E-state index is 11.3. The van der Waals surface area contributed by atoms with Gasteiger partial charge in [0.25, 0.3) is 0 Å². The van der Waals surface area contributed by atoms with Crippen LogP contribution in [-0.4, -0.2) is 122 Å². The highest BCUT2D eigenvalue weighted by Crippen LogP contribution is 1.95. The molecule has 0 atom stereocenters. The molecule has 0 aliphatic rings. The van der Waals surface area contributed by atoms with Crippen molar-refractivity contribution in [1.82, 2.24) is 0 Å². The number of Topliss-reactive ketones (excluding diaryl/α,β-unsaturated/α-hetero) is 1. The average Bonchev–Trinajstić information content (AvgIpc) is 2.83. The van der Waals surface area contributed by atoms with Crippen LogP contribution >= 0.6 is 0 Å². The molecule has 0 fully saturated rings. The number of rotatable bonds is 25. The summed E-state index contributed by atoms with van der Waals surface area (Å²) in [5.74, 6) is -3.55. The highest BCUT2D eigenvalue weighted by atomic mass is 16.6. The number of hydrogen-bond donors (Lipinski definition) is 1. The SMILES string of the molecule is COC(=O)CCOCCOCCOCCOCCOCCOCCOC(=O)CCC(=O)C(=O)O. The van der Waals surface area contributed by atoms with Gasteiger partial charge in [-0.25, -0.2) is 4.79 Å². The topological polar surface area (TPSA) is 162 Å². The van der Waals surface area contributed by atoms with Crippen LogP contribution in [0.15, 0.2) is 0 Å². The number of carbonyl (C=O) groups is 4. The normalized spacial score (nSPS) is 10.7. The largest absolute Gasteiger partial charge is 0.476 e. The van der Waals surface area contributed by atoms with E-state index in [4.69, 9.17) is 38.3 Å². The molecule has 0 radical (unpaired) electrons. The molecular formula is C21H36O13. The van der Waals surface area contributed by atoms with Crippen molar-refractivity contribution in [3.05, 3.63) is 0 Å². The summed E-state index contributed by atoms with van der Waals surface area (Å²) < 4.78 is 41.1. The van der Waals surface area contributed by atoms with Crippen molar-refractivity contribution < 1.29 is 62.2 Å². The van der Waals surface area contributed by atoms with E-state index >= 15 is 0 Å². The van der Waals surface area contributed by atoms with Crippen LogP contribution in [0.5, 0.6) is 0 Å². The first-order chi connectivity index (χ1) is 16.5. The quantitative estimate of drug-likeness (QED) is 0.0990. The van der Waals surface area contributed by atoms with Gasteiger partial charge in [0.2, 0.25) is 5.78 Å². The van der Waals surface area contributed by atoms with Gasteiger partial charge >= 0.3 is 17.9 Å². The summed E-state index contributed by atoms with van der Waals surface area (Å²) in [6, 6.07) is 0. The number of carbonyl (C=O) groups excluding carboxylic acids is 3. The predicted octanol–water partition coefficient (Wildman–Crippen LogP) is -0.374. The number of ketones is 1. The molecule has 0 aromatic heterocycles. The van der Waals surface area contributed by atoms with E-state index in [-0.39, 0.29) is 38.4 Å². The van der Waals surface area contributed by atoms with Crippen LogP contribution in [0.4, 0.5) is 0 Å². The fourth-order valence-corrected chi connectivity index (χ4v) is 2.07. The van der Waals surface area contributed by atoms with Gasteiger partial charge in [-0.1, -0.05) is 0 Å². The molecule has 1 N–H and O–H groups in total. The van der Waals surface area contributed by atoms with Gasteiger partial charge in [0.1, 0.15) is 6.61 Å². The molecule has 0 bridgehead atoms. The third-order valence-electron chi connectivity index (χ3n) is 3.82. The van der Waals surface area contributed by atoms with Crippen LogP contribution in [-0.2, 0) is 57.1 Å². The van der Waals surface area contributed by atoms with E-state index in [0.717, 1.165) is 0 Å². The minimum atomic E-state index is -1.56. The molecule has 0 heterocycles. The van der Waals surface area contributed by atoms with E-state index in [1.54, 1.807) is 0 Å². The lowest BCUT2D eigenvalue weighted by molar-refractivity contribution is -0.151. The zero-order valence-corrected chi connectivity index (χ0v) is 19.7. The minimum absolute atomic E-state index is 0.0130. The number of carboxylic acids is 1. The van der Waals surface area contributed by atoms with Crippen LogP contribution in [0.2, 0.25) is 0 Å². The summed E-state index contributed by atoms with van der Waals surface area (Å²) in [5.41, 5.74) is 0. The summed E-state index contributed by atoms with van der Waals surface area (Å²) >= 11 is 0. The van der Waals surface area contributed by atoms with E-state index in [9.17, 15) is 19.2 Å². The zero-order valence-electron chi connectivity index (χ0n) is 19.7. The standard InChI is InChI=1S/C21H36O13/c1-27-19(23)4-5-28-6-7-29-8-9-30-10-11-31-12-13-32-14-15-33-16-17-34-20(24)3-2-18(22)21(25)26/h2-17H2,1H3,(H,25,26). The van der Waals surface area contributed by atoms with Crippen molar-refractivity contribution in [2.24, 2.45) is 0 Å². The second-order valence-corrected chi connectivity index (χ2v) is 6.45. The van der Waals surface area contributed by atoms with Gasteiger partial charge in [-0.3, -0.25) is 14.4 Å². The zero-order chi connectivity index (χ0) is 25.3. The highest BCUT2D eigenvalue weighted by Gasteiger charge is 2.14. The molecule has 13 nitrogen and oxygen atoms in total. The fourth-order valence-electron chi connectivity index (χ4n) is 2.07. The summed E-state index contributed by atoms with van der Waals surface area (Å²) in [5, 5.41) is 8.40. The highest BCUT2D eigenvalue weighted by molar-refractivity contribution is 6.32. The van der Waals surface area contributed by atoms with Gasteiger partial charge in [0, 0.05) is 6.42 Å². The summed E-state index contributed by atoms with van der Waals surface area (Å²) in [6.45, 7) is 4.53. The molecule has 0 spiro atoms. The van der Waals surface area contributed by atoms with Crippen molar-refractivity contribution in [1.29, 1.82) is 0 Å². The number of carboxylic acid groups (broad SMARTS) is 1. The Morgan fingerprint density at radius 1 is 0.500 bits per heavy atom. The number of ether oxygens (including phenoxy) is 8. The molecule has 0 aromatic carbocycles. The lowest BCUT2D eigenvalue weighted by atomic mass is 10.2. The van der Waals surface area contributed by atoms with Crippen LogP contribution in [0, 0.1) is 0 Å². The molecule has 0 amide bonds. The second-order valence-electron chi connectivity index (χ2n) is 6.45. The summed E-state index contributed by atoms with van der Waals surface area (Å²) in [4.78, 5) is 43.3. The van der Waals surface area contributed by atoms with Crippen LogP contribution < -0.4 is 0 Å². The van der Waals surface area contributed by atoms with Crippen molar-refractivity contribution in [2.75, 3.05) is 93.0 Å². The summed E-state index contributed by atoms with van der Waals surface area (Å²) in [6.07, 6.45) is -0.436. The van der Waals surface area contributed by atoms with Crippen molar-refractivity contribution in [3.63, 3.8) is 0 Å². The number of hydrogen-bond acceptors (Lipinski definition) is 12. The Morgan fingerprint density at radius 3 is 1.26 bits per heavy atom. The van der Waals surface area contributed by atoms with Crippen molar-refractivity contribution in [3.8, 4) is 0 Å². The molecular weight excluding hydrogens is 460 g/mol. The van der Waals surface area contributed by atoms with E-state index < -0.39 is 17.7 Å². The van der Waals surface area contributed by atoms with Gasteiger partial charge in [-0.2, -0.15) is 0 Å². The molecule has 0 rings (SSSR count). The smallest absolute Gasteiger partial charge is 0.372 e. The fraction of sp³-hybridized carbons (Fsp3) is 0.810. The lowest BCUT2D eigenvalue weighted by Gasteiger charge is -2.08. The maximum Gasteiger partial charge on any atom is 0.372 e. The van der Waals surface area contributed by atoms with Gasteiger partial charge < -0.3 is 43.0 Å². The van der Waals surface area contributed by atoms with Crippen LogP contribution in [0.25, 0.3) is 0 Å². The monoisotopic (exact) mass is 496 g/mol. The summed E-state index contributed by atoms with van der Waals surface area (Å²) in [7, 11) is 1.33. The molecule has 0 saturated heterocycles. The molecule has 0 saturated carbocycles. The van der Waals surface area contributed by atoms with Crippen molar-refractivity contribution in [2.45, 2.75) is 19.3 Å². The molecule has 34 heavy (non-hydrogen) atoms. The van der Waals surface area contributed by atoms with Gasteiger partial charge in [-0.15, -0.1) is 0 Å². The molecule has 0 aliphatic carbocycles. The Kier molecular flexibility index (Phi) is 22.5. The molecule has 198 valence electrons. The number of esters is 2. The van der Waals surface area contributed by atoms with E-state index in [1.165, 1.54) is 7.11 Å². The predicted molar refractivity (Wildman–Crippen MR) is 114 cm³/mol. The maximum atomic E-state index is 11.3. The average molecular weight is 497 g/mol. The Hall–Kier alpha value is -2.16. The van der Waals surface area contributed by atoms with Gasteiger partial charge in [-0.05, 0) is 0 Å². The third-order valence-corrected chi connectivity index (χ3v) is 3.82. The minimum Gasteiger partial charge on any atom is -0.476 e. The van der Waals surface area contributed by atoms with E-state index in [2.05, 4.69) is 4.74 Å². The lowest BCUT2D eigenvalue weighted by Crippen LogP contribution is -2.17. The Balaban J connectivity index is 3.18. The first kappa shape index (κ1) is 31.8. The second kappa shape index (κ2) is 24.0. The Bertz CT molecular complexity index is 553. The molecule has 13 heteroatoms. The number of methoxy groups -OCH3 is 1. The first-order valence-electron chi connectivity index (χ1n) is 10.9. The van der Waals surface area contributed by atoms with Crippen LogP contribution in [0.3, 0.4) is 0 Å². The van der Waals surface area contributed by atoms with Gasteiger partial charge in [0.05, 0.1) is 99.2 Å². The van der Waals surface area contributed by atoms with Crippen molar-refractivity contribution >= 4 is 23.7 Å². The Morgan fingerprint density at radius 2 is 0.882 bits per heavy atom. The molecule has 0 aliphatic heterocycles.